The van der Waals surface area contributed by atoms with Gasteiger partial charge in [-0.1, -0.05) is 25.1 Å². The van der Waals surface area contributed by atoms with E-state index in [1.54, 1.807) is 17.7 Å². The Kier molecular flexibility index (Phi) is 5.53. The van der Waals surface area contributed by atoms with Crippen LogP contribution in [0.1, 0.15) is 29.4 Å². The summed E-state index contributed by atoms with van der Waals surface area (Å²) in [7, 11) is 0. The number of para-hydroxylation sites is 1. The van der Waals surface area contributed by atoms with Crippen molar-refractivity contribution in [2.24, 2.45) is 0 Å². The van der Waals surface area contributed by atoms with Crippen molar-refractivity contribution in [2.45, 2.75) is 27.2 Å². The molecule has 3 aromatic rings. The fourth-order valence-corrected chi connectivity index (χ4v) is 3.61. The molecule has 0 spiro atoms. The van der Waals surface area contributed by atoms with Gasteiger partial charge >= 0.3 is 0 Å². The minimum absolute atomic E-state index is 0.0502. The van der Waals surface area contributed by atoms with Gasteiger partial charge in [-0.25, -0.2) is 4.98 Å². The molecule has 136 valence electrons. The highest BCUT2D eigenvalue weighted by Gasteiger charge is 2.15. The van der Waals surface area contributed by atoms with E-state index in [1.165, 1.54) is 16.9 Å². The molecule has 0 radical (unpaired) electrons. The molecule has 3 rings (SSSR count). The first-order valence-corrected chi connectivity index (χ1v) is 9.53. The number of nitrogens with one attached hydrogen (secondary N) is 1. The van der Waals surface area contributed by atoms with E-state index in [-0.39, 0.29) is 5.57 Å². The zero-order valence-corrected chi connectivity index (χ0v) is 16.3. The van der Waals surface area contributed by atoms with E-state index in [0.717, 1.165) is 29.1 Å². The number of aromatic nitrogens is 2. The molecular formula is C21H20N4OS. The molecule has 5 nitrogen and oxygen atoms in total. The summed E-state index contributed by atoms with van der Waals surface area (Å²) < 4.78 is 2.17. The summed E-state index contributed by atoms with van der Waals surface area (Å²) in [5, 5.41) is 14.3. The van der Waals surface area contributed by atoms with Gasteiger partial charge in [-0.15, -0.1) is 11.3 Å². The minimum atomic E-state index is -0.453. The normalized spacial score (nSPS) is 11.3. The lowest BCUT2D eigenvalue weighted by atomic mass is 10.1. The third-order valence-corrected chi connectivity index (χ3v) is 5.09. The van der Waals surface area contributed by atoms with Crippen LogP contribution in [0.15, 0.2) is 47.5 Å². The fraction of sp³-hybridized carbons (Fsp3) is 0.190. The second kappa shape index (κ2) is 8.02. The van der Waals surface area contributed by atoms with E-state index in [0.29, 0.717) is 5.13 Å². The number of carbonyl (C=O) groups excluding carboxylic acids is 1. The van der Waals surface area contributed by atoms with Gasteiger partial charge in [-0.2, -0.15) is 5.26 Å². The zero-order chi connectivity index (χ0) is 19.4. The third-order valence-electron chi connectivity index (χ3n) is 4.40. The molecule has 0 bridgehead atoms. The maximum atomic E-state index is 12.4. The average molecular weight is 376 g/mol. The monoisotopic (exact) mass is 376 g/mol. The van der Waals surface area contributed by atoms with Crippen molar-refractivity contribution in [2.75, 3.05) is 5.32 Å². The third kappa shape index (κ3) is 3.83. The number of rotatable bonds is 5. The summed E-state index contributed by atoms with van der Waals surface area (Å²) in [6.07, 6.45) is 4.17. The van der Waals surface area contributed by atoms with Crippen LogP contribution < -0.4 is 5.32 Å². The van der Waals surface area contributed by atoms with E-state index in [2.05, 4.69) is 33.9 Å². The Morgan fingerprint density at radius 3 is 2.81 bits per heavy atom. The molecule has 1 amide bonds. The van der Waals surface area contributed by atoms with Crippen LogP contribution in [-0.4, -0.2) is 15.5 Å². The van der Waals surface area contributed by atoms with Gasteiger partial charge < -0.3 is 4.57 Å². The average Bonchev–Trinajstić information content (AvgIpc) is 3.27. The topological polar surface area (TPSA) is 70.7 Å². The number of nitrogens with zero attached hydrogens (tertiary/aromatic N) is 3. The Bertz CT molecular complexity index is 1040. The molecule has 0 saturated heterocycles. The van der Waals surface area contributed by atoms with Crippen LogP contribution in [-0.2, 0) is 11.2 Å². The quantitative estimate of drug-likeness (QED) is 0.520. The Morgan fingerprint density at radius 1 is 1.37 bits per heavy atom. The lowest BCUT2D eigenvalue weighted by Crippen LogP contribution is -2.13. The highest BCUT2D eigenvalue weighted by molar-refractivity contribution is 7.13. The van der Waals surface area contributed by atoms with Crippen molar-refractivity contribution in [3.8, 4) is 11.8 Å². The van der Waals surface area contributed by atoms with Gasteiger partial charge in [0.1, 0.15) is 11.6 Å². The van der Waals surface area contributed by atoms with Gasteiger partial charge in [0.05, 0.1) is 0 Å². The van der Waals surface area contributed by atoms with Gasteiger partial charge in [-0.05, 0) is 49.6 Å². The van der Waals surface area contributed by atoms with Crippen molar-refractivity contribution < 1.29 is 4.79 Å². The first kappa shape index (κ1) is 18.6. The molecule has 2 aromatic heterocycles. The second-order valence-electron chi connectivity index (χ2n) is 6.11. The first-order chi connectivity index (χ1) is 13.0. The number of hydrogen-bond donors (Lipinski definition) is 1. The van der Waals surface area contributed by atoms with Gasteiger partial charge in [0, 0.05) is 28.7 Å². The van der Waals surface area contributed by atoms with Crippen molar-refractivity contribution >= 4 is 28.5 Å². The predicted octanol–water partition coefficient (Wildman–Crippen LogP) is 4.66. The van der Waals surface area contributed by atoms with Crippen molar-refractivity contribution in [3.05, 3.63) is 70.0 Å². The van der Waals surface area contributed by atoms with Crippen molar-refractivity contribution in [3.63, 3.8) is 0 Å². The van der Waals surface area contributed by atoms with Crippen LogP contribution in [0, 0.1) is 25.2 Å². The Balaban J connectivity index is 1.99. The number of nitriles is 1. The summed E-state index contributed by atoms with van der Waals surface area (Å²) in [6.45, 7) is 6.15. The highest BCUT2D eigenvalue weighted by Crippen LogP contribution is 2.25. The van der Waals surface area contributed by atoms with Crippen molar-refractivity contribution in [1.82, 2.24) is 9.55 Å². The molecule has 1 aromatic carbocycles. The van der Waals surface area contributed by atoms with E-state index in [4.69, 9.17) is 0 Å². The highest BCUT2D eigenvalue weighted by atomic mass is 32.1. The number of anilines is 1. The van der Waals surface area contributed by atoms with Gasteiger partial charge in [-0.3, -0.25) is 10.1 Å². The number of amides is 1. The van der Waals surface area contributed by atoms with Crippen LogP contribution in [0.4, 0.5) is 5.13 Å². The smallest absolute Gasteiger partial charge is 0.268 e. The lowest BCUT2D eigenvalue weighted by Gasteiger charge is -2.14. The van der Waals surface area contributed by atoms with Crippen molar-refractivity contribution in [1.29, 1.82) is 5.26 Å². The van der Waals surface area contributed by atoms with Crippen LogP contribution in [0.25, 0.3) is 11.8 Å². The molecule has 1 N–H and O–H groups in total. The van der Waals surface area contributed by atoms with Gasteiger partial charge in [0.25, 0.3) is 5.91 Å². The molecule has 0 saturated carbocycles. The number of hydrogen-bond acceptors (Lipinski definition) is 4. The SMILES string of the molecule is CCc1ccccc1-n1c(C)cc(/C=C(/C#N)C(=O)Nc2nccs2)c1C. The standard InChI is InChI=1S/C21H20N4OS/c1-4-16-7-5-6-8-19(16)25-14(2)11-17(15(25)3)12-18(13-22)20(26)24-21-23-9-10-27-21/h5-12H,4H2,1-3H3,(H,23,24,26)/b18-12-. The Labute approximate surface area is 162 Å². The fourth-order valence-electron chi connectivity index (χ4n) is 3.09. The van der Waals surface area contributed by atoms with Crippen LogP contribution in [0.5, 0.6) is 0 Å². The molecule has 0 aliphatic rings. The molecule has 0 unspecified atom stereocenters. The molecule has 27 heavy (non-hydrogen) atoms. The second-order valence-corrected chi connectivity index (χ2v) is 7.00. The first-order valence-electron chi connectivity index (χ1n) is 8.65. The van der Waals surface area contributed by atoms with Crippen LogP contribution in [0.2, 0.25) is 0 Å². The largest absolute Gasteiger partial charge is 0.318 e. The molecule has 0 aliphatic heterocycles. The van der Waals surface area contributed by atoms with Gasteiger partial charge in [0.15, 0.2) is 5.13 Å². The van der Waals surface area contributed by atoms with E-state index < -0.39 is 5.91 Å². The molecule has 0 aliphatic carbocycles. The maximum Gasteiger partial charge on any atom is 0.268 e. The summed E-state index contributed by atoms with van der Waals surface area (Å²) in [5.74, 6) is -0.453. The van der Waals surface area contributed by atoms with E-state index in [9.17, 15) is 10.1 Å². The molecule has 2 heterocycles. The summed E-state index contributed by atoms with van der Waals surface area (Å²) in [5.41, 5.74) is 5.32. The Hall–Kier alpha value is -3.17. The summed E-state index contributed by atoms with van der Waals surface area (Å²) >= 11 is 1.31. The number of carbonyl (C=O) groups is 1. The number of benzene rings is 1. The maximum absolute atomic E-state index is 12.4. The zero-order valence-electron chi connectivity index (χ0n) is 15.5. The summed E-state index contributed by atoms with van der Waals surface area (Å²) in [6, 6.07) is 12.3. The van der Waals surface area contributed by atoms with Crippen LogP contribution >= 0.6 is 11.3 Å². The van der Waals surface area contributed by atoms with E-state index in [1.807, 2.05) is 38.1 Å². The Morgan fingerprint density at radius 2 is 2.15 bits per heavy atom. The summed E-state index contributed by atoms with van der Waals surface area (Å²) in [4.78, 5) is 16.4. The lowest BCUT2D eigenvalue weighted by molar-refractivity contribution is -0.112. The predicted molar refractivity (Wildman–Crippen MR) is 109 cm³/mol. The minimum Gasteiger partial charge on any atom is -0.318 e. The van der Waals surface area contributed by atoms with Crippen LogP contribution in [0.3, 0.4) is 0 Å². The molecule has 6 heteroatoms. The van der Waals surface area contributed by atoms with Gasteiger partial charge in [0.2, 0.25) is 0 Å². The number of thiazole rings is 1. The molecule has 0 fully saturated rings. The number of aryl methyl sites for hydroxylation is 2. The molecule has 0 atom stereocenters. The van der Waals surface area contributed by atoms with E-state index >= 15 is 0 Å². The molecular weight excluding hydrogens is 356 g/mol.